The standard InChI is InChI=1S/C30H34N4O2/c35-29(12-6-7-23-13-14-28-26(19-23)20-30(36)32-28)31-21-24-8-4-5-9-25(24)22-33-15-17-34(18-16-33)27-10-2-1-3-11-27/h1-5,8-11,13-14,19H,6-7,12,15-18,20-22H2,(H,31,35)(H,32,36). The van der Waals surface area contributed by atoms with Gasteiger partial charge in [-0.05, 0) is 53.3 Å². The van der Waals surface area contributed by atoms with Gasteiger partial charge in [-0.25, -0.2) is 0 Å². The molecule has 0 spiro atoms. The minimum Gasteiger partial charge on any atom is -0.369 e. The van der Waals surface area contributed by atoms with Gasteiger partial charge in [-0.1, -0.05) is 54.6 Å². The number of nitrogens with zero attached hydrogens (tertiary/aromatic N) is 2. The first-order valence-corrected chi connectivity index (χ1v) is 12.9. The number of rotatable bonds is 9. The molecule has 6 heteroatoms. The highest BCUT2D eigenvalue weighted by molar-refractivity contribution is 5.99. The van der Waals surface area contributed by atoms with Gasteiger partial charge in [0.15, 0.2) is 0 Å². The Hall–Kier alpha value is -3.64. The predicted molar refractivity (Wildman–Crippen MR) is 144 cm³/mol. The van der Waals surface area contributed by atoms with Crippen molar-refractivity contribution < 1.29 is 9.59 Å². The molecule has 36 heavy (non-hydrogen) atoms. The average molecular weight is 483 g/mol. The molecule has 5 rings (SSSR count). The Morgan fingerprint density at radius 1 is 0.889 bits per heavy atom. The Bertz CT molecular complexity index is 1200. The van der Waals surface area contributed by atoms with Gasteiger partial charge in [0.2, 0.25) is 11.8 Å². The molecule has 0 radical (unpaired) electrons. The number of hydrogen-bond donors (Lipinski definition) is 2. The highest BCUT2D eigenvalue weighted by Gasteiger charge is 2.19. The summed E-state index contributed by atoms with van der Waals surface area (Å²) in [7, 11) is 0. The molecule has 3 aromatic rings. The maximum atomic E-state index is 12.5. The van der Waals surface area contributed by atoms with Gasteiger partial charge >= 0.3 is 0 Å². The van der Waals surface area contributed by atoms with Gasteiger partial charge in [0, 0.05) is 57.1 Å². The lowest BCUT2D eigenvalue weighted by molar-refractivity contribution is -0.121. The fourth-order valence-corrected chi connectivity index (χ4v) is 5.10. The maximum Gasteiger partial charge on any atom is 0.228 e. The smallest absolute Gasteiger partial charge is 0.228 e. The number of anilines is 2. The fourth-order valence-electron chi connectivity index (χ4n) is 5.10. The van der Waals surface area contributed by atoms with Crippen molar-refractivity contribution in [2.45, 2.75) is 38.8 Å². The zero-order valence-corrected chi connectivity index (χ0v) is 20.7. The van der Waals surface area contributed by atoms with Crippen LogP contribution < -0.4 is 15.5 Å². The highest BCUT2D eigenvalue weighted by atomic mass is 16.2. The Balaban J connectivity index is 1.06. The molecule has 1 saturated heterocycles. The van der Waals surface area contributed by atoms with Gasteiger partial charge in [0.05, 0.1) is 6.42 Å². The number of benzene rings is 3. The van der Waals surface area contributed by atoms with E-state index in [2.05, 4.69) is 75.0 Å². The number of amides is 2. The van der Waals surface area contributed by atoms with Gasteiger partial charge in [0.1, 0.15) is 0 Å². The minimum atomic E-state index is 0.0521. The van der Waals surface area contributed by atoms with Crippen molar-refractivity contribution in [1.29, 1.82) is 0 Å². The molecule has 0 bridgehead atoms. The van der Waals surface area contributed by atoms with Crippen molar-refractivity contribution >= 4 is 23.2 Å². The summed E-state index contributed by atoms with van der Waals surface area (Å²) in [6.45, 7) is 5.58. The van der Waals surface area contributed by atoms with Crippen molar-refractivity contribution in [2.24, 2.45) is 0 Å². The van der Waals surface area contributed by atoms with Gasteiger partial charge in [-0.15, -0.1) is 0 Å². The molecule has 0 atom stereocenters. The van der Waals surface area contributed by atoms with Crippen LogP contribution in [0, 0.1) is 0 Å². The highest BCUT2D eigenvalue weighted by Crippen LogP contribution is 2.24. The summed E-state index contributed by atoms with van der Waals surface area (Å²) >= 11 is 0. The number of carbonyl (C=O) groups is 2. The van der Waals surface area contributed by atoms with Crippen molar-refractivity contribution in [2.75, 3.05) is 36.4 Å². The second kappa shape index (κ2) is 11.4. The van der Waals surface area contributed by atoms with E-state index in [1.54, 1.807) is 0 Å². The van der Waals surface area contributed by atoms with Crippen LogP contribution in [0.5, 0.6) is 0 Å². The van der Waals surface area contributed by atoms with Gasteiger partial charge < -0.3 is 15.5 Å². The monoisotopic (exact) mass is 482 g/mol. The van der Waals surface area contributed by atoms with Crippen LogP contribution in [0.4, 0.5) is 11.4 Å². The van der Waals surface area contributed by atoms with Crippen LogP contribution in [0.3, 0.4) is 0 Å². The number of hydrogen-bond acceptors (Lipinski definition) is 4. The second-order valence-corrected chi connectivity index (χ2v) is 9.71. The van der Waals surface area contributed by atoms with E-state index in [9.17, 15) is 9.59 Å². The molecule has 3 aromatic carbocycles. The van der Waals surface area contributed by atoms with Crippen molar-refractivity contribution in [3.05, 3.63) is 95.1 Å². The Labute approximate surface area is 213 Å². The normalized spacial score (nSPS) is 15.4. The predicted octanol–water partition coefficient (Wildman–Crippen LogP) is 4.14. The molecule has 6 nitrogen and oxygen atoms in total. The summed E-state index contributed by atoms with van der Waals surface area (Å²) in [6, 6.07) is 25.1. The summed E-state index contributed by atoms with van der Waals surface area (Å²) in [4.78, 5) is 29.0. The lowest BCUT2D eigenvalue weighted by Crippen LogP contribution is -2.46. The van der Waals surface area contributed by atoms with Crippen LogP contribution in [-0.4, -0.2) is 42.9 Å². The molecule has 2 amide bonds. The lowest BCUT2D eigenvalue weighted by Gasteiger charge is -2.36. The molecule has 1 fully saturated rings. The van der Waals surface area contributed by atoms with E-state index < -0.39 is 0 Å². The molecule has 2 aliphatic rings. The molecule has 0 aliphatic carbocycles. The first kappa shape index (κ1) is 24.1. The topological polar surface area (TPSA) is 64.7 Å². The number of carbonyl (C=O) groups excluding carboxylic acids is 2. The van der Waals surface area contributed by atoms with Gasteiger partial charge in [0.25, 0.3) is 0 Å². The third-order valence-electron chi connectivity index (χ3n) is 7.15. The number of piperazine rings is 1. The molecular formula is C30H34N4O2. The minimum absolute atomic E-state index is 0.0521. The van der Waals surface area contributed by atoms with Crippen LogP contribution in [0.15, 0.2) is 72.8 Å². The lowest BCUT2D eigenvalue weighted by atomic mass is 10.0. The number of fused-ring (bicyclic) bond motifs is 1. The van der Waals surface area contributed by atoms with Crippen molar-refractivity contribution in [3.63, 3.8) is 0 Å². The second-order valence-electron chi connectivity index (χ2n) is 9.71. The van der Waals surface area contributed by atoms with E-state index in [4.69, 9.17) is 0 Å². The van der Waals surface area contributed by atoms with E-state index >= 15 is 0 Å². The Kier molecular flexibility index (Phi) is 7.62. The number of para-hydroxylation sites is 1. The first-order chi connectivity index (χ1) is 17.6. The molecule has 2 N–H and O–H groups in total. The quantitative estimate of drug-likeness (QED) is 0.481. The third-order valence-corrected chi connectivity index (χ3v) is 7.15. The molecule has 0 unspecified atom stereocenters. The van der Waals surface area contributed by atoms with E-state index in [1.807, 2.05) is 18.2 Å². The molecule has 2 heterocycles. The average Bonchev–Trinajstić information content (AvgIpc) is 3.28. The zero-order chi connectivity index (χ0) is 24.7. The fraction of sp³-hybridized carbons (Fsp3) is 0.333. The van der Waals surface area contributed by atoms with Crippen LogP contribution >= 0.6 is 0 Å². The first-order valence-electron chi connectivity index (χ1n) is 12.9. The molecule has 0 saturated carbocycles. The SMILES string of the molecule is O=C(CCCc1ccc2c(c1)CC(=O)N2)NCc1ccccc1CN1CCN(c2ccccc2)CC1. The van der Waals surface area contributed by atoms with Crippen molar-refractivity contribution in [1.82, 2.24) is 10.2 Å². The van der Waals surface area contributed by atoms with Crippen LogP contribution in [0.2, 0.25) is 0 Å². The van der Waals surface area contributed by atoms with E-state index in [0.717, 1.165) is 56.8 Å². The van der Waals surface area contributed by atoms with Crippen LogP contribution in [0.25, 0.3) is 0 Å². The summed E-state index contributed by atoms with van der Waals surface area (Å²) in [6.07, 6.45) is 2.57. The van der Waals surface area contributed by atoms with E-state index in [1.165, 1.54) is 22.4 Å². The van der Waals surface area contributed by atoms with E-state index in [0.29, 0.717) is 19.4 Å². The summed E-state index contributed by atoms with van der Waals surface area (Å²) in [5, 5.41) is 5.98. The number of aryl methyl sites for hydroxylation is 1. The van der Waals surface area contributed by atoms with Gasteiger partial charge in [-0.3, -0.25) is 14.5 Å². The Morgan fingerprint density at radius 3 is 2.44 bits per heavy atom. The number of nitrogens with one attached hydrogen (secondary N) is 2. The molecule has 2 aliphatic heterocycles. The van der Waals surface area contributed by atoms with E-state index in [-0.39, 0.29) is 11.8 Å². The van der Waals surface area contributed by atoms with Crippen LogP contribution in [-0.2, 0) is 35.5 Å². The zero-order valence-electron chi connectivity index (χ0n) is 20.7. The Morgan fingerprint density at radius 2 is 1.64 bits per heavy atom. The third kappa shape index (κ3) is 6.13. The van der Waals surface area contributed by atoms with Gasteiger partial charge in [-0.2, -0.15) is 0 Å². The summed E-state index contributed by atoms with van der Waals surface area (Å²) in [5.41, 5.74) is 6.91. The van der Waals surface area contributed by atoms with Crippen molar-refractivity contribution in [3.8, 4) is 0 Å². The maximum absolute atomic E-state index is 12.5. The molecule has 186 valence electrons. The summed E-state index contributed by atoms with van der Waals surface area (Å²) in [5.74, 6) is 0.135. The molecular weight excluding hydrogens is 448 g/mol. The molecule has 0 aromatic heterocycles. The summed E-state index contributed by atoms with van der Waals surface area (Å²) < 4.78 is 0. The largest absolute Gasteiger partial charge is 0.369 e. The van der Waals surface area contributed by atoms with Crippen LogP contribution in [0.1, 0.15) is 35.1 Å².